The Morgan fingerprint density at radius 3 is 2.30 bits per heavy atom. The van der Waals surface area contributed by atoms with Crippen LogP contribution in [0.2, 0.25) is 0 Å². The number of nitrogens with one attached hydrogen (secondary N) is 3. The molecule has 24 nitrogen and oxygen atoms in total. The molecule has 3 aromatic heterocycles. The van der Waals surface area contributed by atoms with Crippen molar-refractivity contribution in [3.05, 3.63) is 131 Å². The molecule has 4 aliphatic carbocycles. The lowest BCUT2D eigenvalue weighted by Crippen LogP contribution is -2.64. The van der Waals surface area contributed by atoms with E-state index in [-0.39, 0.29) is 117 Å². The number of likely N-dealkylation sites (N-methyl/N-ethyl adjacent to an activating group) is 1. The van der Waals surface area contributed by atoms with Crippen LogP contribution in [0.4, 0.5) is 21.4 Å². The fourth-order valence-corrected chi connectivity index (χ4v) is 15.9. The molecule has 12 rings (SSSR count). The first-order valence-electron chi connectivity index (χ1n) is 31.5. The molecule has 2 atom stereocenters. The van der Waals surface area contributed by atoms with Crippen LogP contribution in [0.3, 0.4) is 0 Å². The molecule has 93 heavy (non-hydrogen) atoms. The summed E-state index contributed by atoms with van der Waals surface area (Å²) in [6.45, 7) is 11.0. The van der Waals surface area contributed by atoms with Gasteiger partial charge in [-0.05, 0) is 121 Å². The van der Waals surface area contributed by atoms with Crippen molar-refractivity contribution in [3.8, 4) is 11.1 Å². The second-order valence-electron chi connectivity index (χ2n) is 25.7. The normalized spacial score (nSPS) is 21.1. The van der Waals surface area contributed by atoms with Crippen molar-refractivity contribution in [1.82, 2.24) is 34.9 Å². The third-order valence-corrected chi connectivity index (χ3v) is 19.0. The predicted octanol–water partition coefficient (Wildman–Crippen LogP) is 8.02. The Hall–Kier alpha value is -8.46. The first-order chi connectivity index (χ1) is 44.8. The van der Waals surface area contributed by atoms with Crippen molar-refractivity contribution in [2.24, 2.45) is 16.2 Å². The number of carbonyl (C=O) groups is 7. The summed E-state index contributed by atoms with van der Waals surface area (Å²) >= 11 is 1.42. The highest BCUT2D eigenvalue weighted by molar-refractivity contribution is 7.22. The van der Waals surface area contributed by atoms with E-state index in [0.29, 0.717) is 85.8 Å². The van der Waals surface area contributed by atoms with Crippen LogP contribution in [0.5, 0.6) is 0 Å². The van der Waals surface area contributed by atoms with Gasteiger partial charge >= 0.3 is 12.1 Å². The maximum absolute atomic E-state index is 13.8. The van der Waals surface area contributed by atoms with Gasteiger partial charge in [-0.25, -0.2) is 19.6 Å². The minimum Gasteiger partial charge on any atom is -0.476 e. The molecule has 6 aliphatic rings. The van der Waals surface area contributed by atoms with Gasteiger partial charge in [0.25, 0.3) is 17.7 Å². The van der Waals surface area contributed by atoms with E-state index in [1.165, 1.54) is 28.4 Å². The number of carboxylic acids is 1. The van der Waals surface area contributed by atoms with Gasteiger partial charge in [0, 0.05) is 92.5 Å². The molecule has 25 heteroatoms. The lowest BCUT2D eigenvalue weighted by molar-refractivity contribution is -0.250. The minimum atomic E-state index is -1.13. The zero-order valence-corrected chi connectivity index (χ0v) is 53.7. The van der Waals surface area contributed by atoms with Crippen LogP contribution in [-0.2, 0) is 73.7 Å². The monoisotopic (exact) mass is 1290 g/mol. The van der Waals surface area contributed by atoms with Crippen LogP contribution in [0.25, 0.3) is 21.3 Å². The highest BCUT2D eigenvalue weighted by Crippen LogP contribution is 2.72. The summed E-state index contributed by atoms with van der Waals surface area (Å²) in [6, 6.07) is 25.1. The van der Waals surface area contributed by atoms with E-state index in [1.54, 1.807) is 31.4 Å². The highest BCUT2D eigenvalue weighted by Gasteiger charge is 2.66. The SMILES string of the molecule is Cc1c(-c2ccc(N3CCc4cccc(C(=O)Nc5nc6ccccc6s5)c4C3)nc2C(=O)O)cnn1CC12CC3(C)CC(C)(C1)CC(OCCOCCOCCN(C)C(=O)OCc1cc[c]c(NC(=O)CCNC(=O)COCCOCCN4C(=O)C=CC4=O)c1)(C3)C2. The molecule has 491 valence electrons. The van der Waals surface area contributed by atoms with E-state index in [9.17, 15) is 38.7 Å². The summed E-state index contributed by atoms with van der Waals surface area (Å²) < 4.78 is 37.9. The molecule has 4 N–H and O–H groups in total. The number of amides is 6. The van der Waals surface area contributed by atoms with Crippen LogP contribution < -0.4 is 20.9 Å². The number of aromatic nitrogens is 4. The average molecular weight is 1290 g/mol. The van der Waals surface area contributed by atoms with Crippen LogP contribution in [0.15, 0.2) is 91.1 Å². The molecule has 4 bridgehead atoms. The van der Waals surface area contributed by atoms with Gasteiger partial charge in [0.1, 0.15) is 19.0 Å². The number of rotatable bonds is 31. The molecular formula is C68H79N10O14S. The van der Waals surface area contributed by atoms with E-state index in [1.807, 2.05) is 66.4 Å². The smallest absolute Gasteiger partial charge is 0.409 e. The standard InChI is InChI=1S/C68H79N10O14S/c1-45-51(49-15-16-55(73-60(49)62(84)85)76-22-20-47-10-8-12-50(52(47)35-76)61(83)74-63-72-53-13-5-6-14-54(53)93-63)34-70-78(45)44-67-39-65(2)38-66(3,40-67)42-68(41-65,43-67)92-32-31-89-28-27-87-25-23-75(4)64(86)91-36-46-9-7-11-48(33-46)71-56(79)19-21-69-57(80)37-90-30-29-88-26-24-77-58(81)17-18-59(77)82/h5-10,12-18,33-34H,19-32,35-44H2,1-4H3,(H,69,80)(H,71,79)(H,84,85)(H,72,74,83). The molecule has 5 heterocycles. The number of thiazole rings is 1. The number of nitrogens with zero attached hydrogens (tertiary/aromatic N) is 7. The first-order valence-corrected chi connectivity index (χ1v) is 32.3. The zero-order chi connectivity index (χ0) is 65.3. The lowest BCUT2D eigenvalue weighted by atomic mass is 9.39. The van der Waals surface area contributed by atoms with Crippen LogP contribution in [-0.4, -0.2) is 175 Å². The van der Waals surface area contributed by atoms with Gasteiger partial charge < -0.3 is 54.0 Å². The quantitative estimate of drug-likeness (QED) is 0.0237. The summed E-state index contributed by atoms with van der Waals surface area (Å²) in [7, 11) is 1.62. The van der Waals surface area contributed by atoms with Crippen LogP contribution in [0, 0.1) is 29.2 Å². The number of para-hydroxylation sites is 1. The topological polar surface area (TPSA) is 285 Å². The van der Waals surface area contributed by atoms with E-state index in [0.717, 1.165) is 76.0 Å². The Morgan fingerprint density at radius 2 is 1.53 bits per heavy atom. The number of carbonyl (C=O) groups excluding carboxylic acids is 6. The second-order valence-corrected chi connectivity index (χ2v) is 26.8. The van der Waals surface area contributed by atoms with Gasteiger partial charge in [0.15, 0.2) is 10.8 Å². The molecule has 6 aromatic rings. The Kier molecular flexibility index (Phi) is 20.5. The van der Waals surface area contributed by atoms with Crippen molar-refractivity contribution in [1.29, 1.82) is 0 Å². The zero-order valence-electron chi connectivity index (χ0n) is 52.9. The van der Waals surface area contributed by atoms with E-state index < -0.39 is 18.0 Å². The number of aromatic carboxylic acids is 1. The lowest BCUT2D eigenvalue weighted by Gasteiger charge is -2.69. The van der Waals surface area contributed by atoms with E-state index in [2.05, 4.69) is 45.5 Å². The van der Waals surface area contributed by atoms with Crippen LogP contribution in [0.1, 0.15) is 102 Å². The molecule has 2 unspecified atom stereocenters. The van der Waals surface area contributed by atoms with Crippen molar-refractivity contribution in [2.45, 2.75) is 97.4 Å². The average Bonchev–Trinajstić information content (AvgIpc) is 1.70. The molecule has 3 aromatic carbocycles. The number of anilines is 3. The number of benzene rings is 3. The minimum absolute atomic E-state index is 0.00417. The number of hydrogen-bond acceptors (Lipinski definition) is 18. The Morgan fingerprint density at radius 1 is 0.785 bits per heavy atom. The number of imide groups is 1. The van der Waals surface area contributed by atoms with Gasteiger partial charge in [0.05, 0.1) is 81.4 Å². The number of carboxylic acid groups (broad SMARTS) is 1. The predicted molar refractivity (Wildman–Crippen MR) is 344 cm³/mol. The molecule has 4 saturated carbocycles. The molecule has 6 amide bonds. The molecule has 4 fully saturated rings. The van der Waals surface area contributed by atoms with Crippen molar-refractivity contribution in [3.63, 3.8) is 0 Å². The summed E-state index contributed by atoms with van der Waals surface area (Å²) in [5, 5.41) is 24.5. The van der Waals surface area contributed by atoms with Gasteiger partial charge in [-0.2, -0.15) is 5.10 Å². The summed E-state index contributed by atoms with van der Waals surface area (Å²) in [6.07, 6.45) is 10.4. The van der Waals surface area contributed by atoms with Gasteiger partial charge in [-0.3, -0.25) is 38.9 Å². The second kappa shape index (κ2) is 28.8. The number of ether oxygens (including phenoxy) is 6. The van der Waals surface area contributed by atoms with Crippen LogP contribution >= 0.6 is 11.3 Å². The maximum Gasteiger partial charge on any atom is 0.409 e. The fraction of sp³-hybridized carbons (Fsp3) is 0.471. The third kappa shape index (κ3) is 16.1. The van der Waals surface area contributed by atoms with Crippen molar-refractivity contribution in [2.75, 3.05) is 108 Å². The molecule has 0 saturated heterocycles. The molecule has 2 aliphatic heterocycles. The van der Waals surface area contributed by atoms with Gasteiger partial charge in [-0.1, -0.05) is 61.6 Å². The number of hydrogen-bond donors (Lipinski definition) is 4. The van der Waals surface area contributed by atoms with Gasteiger partial charge in [-0.15, -0.1) is 0 Å². The van der Waals surface area contributed by atoms with E-state index >= 15 is 0 Å². The molecular weight excluding hydrogens is 1210 g/mol. The maximum atomic E-state index is 13.8. The molecule has 1 radical (unpaired) electrons. The Bertz CT molecular complexity index is 3740. The number of pyridine rings is 1. The Labute approximate surface area is 543 Å². The third-order valence-electron chi connectivity index (χ3n) is 18.0. The number of fused-ring (bicyclic) bond motifs is 2. The summed E-state index contributed by atoms with van der Waals surface area (Å²) in [5.41, 5.74) is 6.17. The Balaban J connectivity index is 0.584. The van der Waals surface area contributed by atoms with Crippen molar-refractivity contribution < 1.29 is 67.1 Å². The first kappa shape index (κ1) is 66.0. The summed E-state index contributed by atoms with van der Waals surface area (Å²) in [4.78, 5) is 101. The highest BCUT2D eigenvalue weighted by atomic mass is 32.1. The van der Waals surface area contributed by atoms with E-state index in [4.69, 9.17) is 38.5 Å². The fourth-order valence-electron chi connectivity index (χ4n) is 15.1. The molecule has 0 spiro atoms. The summed E-state index contributed by atoms with van der Waals surface area (Å²) in [5.74, 6) is -2.38. The van der Waals surface area contributed by atoms with Crippen molar-refractivity contribution >= 4 is 79.8 Å². The largest absolute Gasteiger partial charge is 0.476 e. The van der Waals surface area contributed by atoms with Gasteiger partial charge in [0.2, 0.25) is 11.8 Å².